The normalized spacial score (nSPS) is 10.4. The van der Waals surface area contributed by atoms with Gasteiger partial charge in [0.1, 0.15) is 0 Å². The SMILES string of the molecule is Cc1cncc(CNCc2ccccc2[N+](=O)[O-])c1. The summed E-state index contributed by atoms with van der Waals surface area (Å²) in [5.74, 6) is 0. The highest BCUT2D eigenvalue weighted by atomic mass is 16.6. The lowest BCUT2D eigenvalue weighted by atomic mass is 10.1. The van der Waals surface area contributed by atoms with Gasteiger partial charge in [-0.05, 0) is 18.1 Å². The van der Waals surface area contributed by atoms with E-state index in [1.54, 1.807) is 30.6 Å². The Morgan fingerprint density at radius 1 is 1.26 bits per heavy atom. The van der Waals surface area contributed by atoms with Gasteiger partial charge in [0.15, 0.2) is 0 Å². The standard InChI is InChI=1S/C14H15N3O2/c1-11-6-12(8-15-7-11)9-16-10-13-4-2-3-5-14(13)17(18)19/h2-8,16H,9-10H2,1H3. The Kier molecular flexibility index (Phi) is 4.20. The van der Waals surface area contributed by atoms with Crippen molar-refractivity contribution in [2.45, 2.75) is 20.0 Å². The van der Waals surface area contributed by atoms with Crippen LogP contribution in [0.3, 0.4) is 0 Å². The lowest BCUT2D eigenvalue weighted by Crippen LogP contribution is -2.14. The molecule has 1 aromatic heterocycles. The van der Waals surface area contributed by atoms with E-state index in [1.807, 2.05) is 13.0 Å². The van der Waals surface area contributed by atoms with Gasteiger partial charge in [-0.1, -0.05) is 24.3 Å². The van der Waals surface area contributed by atoms with Crippen molar-refractivity contribution in [2.75, 3.05) is 0 Å². The van der Waals surface area contributed by atoms with Gasteiger partial charge in [-0.15, -0.1) is 0 Å². The molecule has 2 rings (SSSR count). The van der Waals surface area contributed by atoms with Gasteiger partial charge in [-0.2, -0.15) is 0 Å². The minimum atomic E-state index is -0.356. The predicted octanol–water partition coefficient (Wildman–Crippen LogP) is 2.59. The Balaban J connectivity index is 1.98. The molecule has 0 saturated carbocycles. The number of nitrogens with one attached hydrogen (secondary N) is 1. The summed E-state index contributed by atoms with van der Waals surface area (Å²) < 4.78 is 0. The molecule has 5 heteroatoms. The van der Waals surface area contributed by atoms with E-state index in [2.05, 4.69) is 10.3 Å². The summed E-state index contributed by atoms with van der Waals surface area (Å²) in [4.78, 5) is 14.6. The molecule has 98 valence electrons. The lowest BCUT2D eigenvalue weighted by molar-refractivity contribution is -0.385. The zero-order valence-corrected chi connectivity index (χ0v) is 10.7. The highest BCUT2D eigenvalue weighted by Crippen LogP contribution is 2.17. The third-order valence-electron chi connectivity index (χ3n) is 2.76. The number of pyridine rings is 1. The van der Waals surface area contributed by atoms with E-state index >= 15 is 0 Å². The topological polar surface area (TPSA) is 68.1 Å². The largest absolute Gasteiger partial charge is 0.308 e. The summed E-state index contributed by atoms with van der Waals surface area (Å²) in [5.41, 5.74) is 3.01. The third-order valence-corrected chi connectivity index (χ3v) is 2.76. The van der Waals surface area contributed by atoms with E-state index in [-0.39, 0.29) is 10.6 Å². The Morgan fingerprint density at radius 3 is 2.79 bits per heavy atom. The number of para-hydroxylation sites is 1. The van der Waals surface area contributed by atoms with Crippen LogP contribution in [0, 0.1) is 17.0 Å². The zero-order chi connectivity index (χ0) is 13.7. The van der Waals surface area contributed by atoms with Gasteiger partial charge in [-0.25, -0.2) is 0 Å². The summed E-state index contributed by atoms with van der Waals surface area (Å²) in [5, 5.41) is 14.1. The maximum absolute atomic E-state index is 10.9. The maximum atomic E-state index is 10.9. The smallest absolute Gasteiger partial charge is 0.273 e. The van der Waals surface area contributed by atoms with Crippen LogP contribution >= 0.6 is 0 Å². The fourth-order valence-corrected chi connectivity index (χ4v) is 1.89. The predicted molar refractivity (Wildman–Crippen MR) is 72.6 cm³/mol. The van der Waals surface area contributed by atoms with Crippen LogP contribution < -0.4 is 5.32 Å². The van der Waals surface area contributed by atoms with Crippen LogP contribution in [-0.2, 0) is 13.1 Å². The highest BCUT2D eigenvalue weighted by molar-refractivity contribution is 5.39. The van der Waals surface area contributed by atoms with Gasteiger partial charge in [0.25, 0.3) is 5.69 Å². The van der Waals surface area contributed by atoms with Crippen LogP contribution in [0.25, 0.3) is 0 Å². The number of hydrogen-bond donors (Lipinski definition) is 1. The van der Waals surface area contributed by atoms with Gasteiger partial charge >= 0.3 is 0 Å². The van der Waals surface area contributed by atoms with Gasteiger partial charge in [0, 0.05) is 37.1 Å². The molecule has 1 heterocycles. The molecule has 1 aromatic carbocycles. The first-order valence-corrected chi connectivity index (χ1v) is 6.00. The minimum Gasteiger partial charge on any atom is -0.308 e. The zero-order valence-electron chi connectivity index (χ0n) is 10.7. The Bertz CT molecular complexity index is 584. The molecule has 19 heavy (non-hydrogen) atoms. The van der Waals surface area contributed by atoms with Crippen LogP contribution in [0.15, 0.2) is 42.7 Å². The first-order chi connectivity index (χ1) is 9.16. The van der Waals surface area contributed by atoms with E-state index in [1.165, 1.54) is 6.07 Å². The molecule has 0 aliphatic heterocycles. The number of aryl methyl sites for hydroxylation is 1. The summed E-state index contributed by atoms with van der Waals surface area (Å²) in [6.07, 6.45) is 3.59. The van der Waals surface area contributed by atoms with Crippen molar-refractivity contribution in [3.63, 3.8) is 0 Å². The van der Waals surface area contributed by atoms with E-state index in [0.717, 1.165) is 11.1 Å². The van der Waals surface area contributed by atoms with Gasteiger partial charge < -0.3 is 5.32 Å². The molecular weight excluding hydrogens is 242 g/mol. The molecule has 1 N–H and O–H groups in total. The molecule has 0 aliphatic carbocycles. The van der Waals surface area contributed by atoms with E-state index in [9.17, 15) is 10.1 Å². The summed E-state index contributed by atoms with van der Waals surface area (Å²) in [6, 6.07) is 8.80. The second-order valence-corrected chi connectivity index (χ2v) is 4.36. The van der Waals surface area contributed by atoms with E-state index in [0.29, 0.717) is 18.7 Å². The van der Waals surface area contributed by atoms with Crippen molar-refractivity contribution >= 4 is 5.69 Å². The molecule has 0 radical (unpaired) electrons. The molecule has 0 aliphatic rings. The number of aromatic nitrogens is 1. The van der Waals surface area contributed by atoms with Crippen LogP contribution in [0.1, 0.15) is 16.7 Å². The fraction of sp³-hybridized carbons (Fsp3) is 0.214. The summed E-state index contributed by atoms with van der Waals surface area (Å²) in [7, 11) is 0. The van der Waals surface area contributed by atoms with Crippen molar-refractivity contribution in [2.24, 2.45) is 0 Å². The molecule has 0 saturated heterocycles. The second kappa shape index (κ2) is 6.06. The van der Waals surface area contributed by atoms with E-state index in [4.69, 9.17) is 0 Å². The van der Waals surface area contributed by atoms with Gasteiger partial charge in [0.05, 0.1) is 4.92 Å². The summed E-state index contributed by atoms with van der Waals surface area (Å²) in [6.45, 7) is 3.09. The van der Waals surface area contributed by atoms with Crippen molar-refractivity contribution in [1.29, 1.82) is 0 Å². The first kappa shape index (κ1) is 13.2. The molecule has 0 atom stereocenters. The molecule has 0 spiro atoms. The average molecular weight is 257 g/mol. The highest BCUT2D eigenvalue weighted by Gasteiger charge is 2.11. The first-order valence-electron chi connectivity index (χ1n) is 6.00. The fourth-order valence-electron chi connectivity index (χ4n) is 1.89. The van der Waals surface area contributed by atoms with Crippen LogP contribution in [0.5, 0.6) is 0 Å². The molecule has 0 unspecified atom stereocenters. The van der Waals surface area contributed by atoms with Crippen LogP contribution in [0.2, 0.25) is 0 Å². The second-order valence-electron chi connectivity index (χ2n) is 4.36. The van der Waals surface area contributed by atoms with Crippen molar-refractivity contribution in [1.82, 2.24) is 10.3 Å². The lowest BCUT2D eigenvalue weighted by Gasteiger charge is -2.06. The van der Waals surface area contributed by atoms with Gasteiger partial charge in [-0.3, -0.25) is 15.1 Å². The quantitative estimate of drug-likeness (QED) is 0.660. The number of nitrogens with zero attached hydrogens (tertiary/aromatic N) is 2. The molecule has 5 nitrogen and oxygen atoms in total. The van der Waals surface area contributed by atoms with Crippen LogP contribution in [0.4, 0.5) is 5.69 Å². The van der Waals surface area contributed by atoms with Crippen molar-refractivity contribution < 1.29 is 4.92 Å². The minimum absolute atomic E-state index is 0.150. The molecule has 2 aromatic rings. The Morgan fingerprint density at radius 2 is 2.05 bits per heavy atom. The molecule has 0 amide bonds. The Hall–Kier alpha value is -2.27. The molecule has 0 bridgehead atoms. The molecule has 0 fully saturated rings. The summed E-state index contributed by atoms with van der Waals surface area (Å²) >= 11 is 0. The maximum Gasteiger partial charge on any atom is 0.273 e. The van der Waals surface area contributed by atoms with E-state index < -0.39 is 0 Å². The average Bonchev–Trinajstić information content (AvgIpc) is 2.39. The number of nitro groups is 1. The molecular formula is C14H15N3O2. The van der Waals surface area contributed by atoms with Crippen LogP contribution in [-0.4, -0.2) is 9.91 Å². The van der Waals surface area contributed by atoms with Crippen molar-refractivity contribution in [3.05, 3.63) is 69.5 Å². The number of nitro benzene ring substituents is 1. The third kappa shape index (κ3) is 3.59. The number of rotatable bonds is 5. The van der Waals surface area contributed by atoms with Gasteiger partial charge in [0.2, 0.25) is 0 Å². The Labute approximate surface area is 111 Å². The number of hydrogen-bond acceptors (Lipinski definition) is 4. The van der Waals surface area contributed by atoms with Crippen molar-refractivity contribution in [3.8, 4) is 0 Å². The number of benzene rings is 1. The monoisotopic (exact) mass is 257 g/mol.